The highest BCUT2D eigenvalue weighted by molar-refractivity contribution is 9.10. The molecule has 0 atom stereocenters. The quantitative estimate of drug-likeness (QED) is 0.341. The first-order valence-electron chi connectivity index (χ1n) is 14.5. The van der Waals surface area contributed by atoms with Crippen molar-refractivity contribution in [2.45, 2.75) is 73.1 Å². The van der Waals surface area contributed by atoms with Crippen LogP contribution in [0.1, 0.15) is 77.3 Å². The van der Waals surface area contributed by atoms with Crippen molar-refractivity contribution in [2.75, 3.05) is 18.5 Å². The zero-order chi connectivity index (χ0) is 30.6. The Bertz CT molecular complexity index is 1500. The van der Waals surface area contributed by atoms with Crippen LogP contribution in [0, 0.1) is 17.8 Å². The minimum atomic E-state index is -0.426. The summed E-state index contributed by atoms with van der Waals surface area (Å²) in [6.45, 7) is 13.1. The Balaban J connectivity index is 1.47. The Morgan fingerprint density at radius 1 is 0.976 bits per heavy atom. The average Bonchev–Trinajstić information content (AvgIpc) is 2.87. The largest absolute Gasteiger partial charge is 0.483 e. The Morgan fingerprint density at radius 3 is 2.10 bits per heavy atom. The fraction of sp³-hybridized carbons (Fsp3) is 0.441. The summed E-state index contributed by atoms with van der Waals surface area (Å²) >= 11 is 9.81. The molecule has 0 radical (unpaired) electrons. The molecule has 1 N–H and O–H groups in total. The minimum absolute atomic E-state index is 0.109. The summed E-state index contributed by atoms with van der Waals surface area (Å²) in [4.78, 5) is 42.4. The standard InChI is InChI=1S/C34H38BrClN2O4/c1-7-38-24-14-33(3,4)16-26(39)31(24)30(32-25(38)15-34(5,6)17-27(32)40)20-9-11-28(22(35)12-20)42-18-29(41)37-21-10-8-19(2)23(36)13-21/h8-13,30H,7,14-18H2,1-6H3,(H,37,41). The van der Waals surface area contributed by atoms with Crippen molar-refractivity contribution in [1.29, 1.82) is 0 Å². The maximum absolute atomic E-state index is 13.8. The first-order valence-corrected chi connectivity index (χ1v) is 15.6. The number of Topliss-reactive ketones (excluding diaryl/α,β-unsaturated/α-hetero) is 2. The lowest BCUT2D eigenvalue weighted by molar-refractivity contribution is -0.120. The number of ketones is 2. The number of allylic oxidation sites excluding steroid dienone is 4. The van der Waals surface area contributed by atoms with Crippen molar-refractivity contribution in [3.63, 3.8) is 0 Å². The average molecular weight is 654 g/mol. The molecular weight excluding hydrogens is 616 g/mol. The van der Waals surface area contributed by atoms with Crippen LogP contribution in [0.25, 0.3) is 0 Å². The molecule has 0 unspecified atom stereocenters. The highest BCUT2D eigenvalue weighted by Gasteiger charge is 2.48. The smallest absolute Gasteiger partial charge is 0.262 e. The molecule has 0 spiro atoms. The van der Waals surface area contributed by atoms with E-state index in [-0.39, 0.29) is 34.9 Å². The maximum atomic E-state index is 13.8. The van der Waals surface area contributed by atoms with Crippen molar-refractivity contribution < 1.29 is 19.1 Å². The summed E-state index contributed by atoms with van der Waals surface area (Å²) in [5.74, 6) is -0.0212. The minimum Gasteiger partial charge on any atom is -0.483 e. The predicted octanol–water partition coefficient (Wildman–Crippen LogP) is 8.13. The van der Waals surface area contributed by atoms with Gasteiger partial charge in [0.15, 0.2) is 18.2 Å². The molecule has 42 heavy (non-hydrogen) atoms. The fourth-order valence-corrected chi connectivity index (χ4v) is 7.28. The van der Waals surface area contributed by atoms with Gasteiger partial charge in [-0.25, -0.2) is 0 Å². The van der Waals surface area contributed by atoms with E-state index in [4.69, 9.17) is 16.3 Å². The van der Waals surface area contributed by atoms with Gasteiger partial charge in [-0.2, -0.15) is 0 Å². The van der Waals surface area contributed by atoms with Gasteiger partial charge in [0, 0.05) is 58.6 Å². The van der Waals surface area contributed by atoms with Crippen LogP contribution in [0.4, 0.5) is 5.69 Å². The third kappa shape index (κ3) is 5.96. The number of hydrogen-bond acceptors (Lipinski definition) is 5. The lowest BCUT2D eigenvalue weighted by Crippen LogP contribution is -2.44. The molecule has 0 fully saturated rings. The van der Waals surface area contributed by atoms with Gasteiger partial charge in [-0.1, -0.05) is 51.4 Å². The summed E-state index contributed by atoms with van der Waals surface area (Å²) in [5, 5.41) is 3.38. The van der Waals surface area contributed by atoms with Crippen molar-refractivity contribution >= 4 is 50.7 Å². The van der Waals surface area contributed by atoms with Crippen LogP contribution in [-0.4, -0.2) is 35.5 Å². The van der Waals surface area contributed by atoms with Gasteiger partial charge >= 0.3 is 0 Å². The Morgan fingerprint density at radius 2 is 1.57 bits per heavy atom. The molecule has 5 rings (SSSR count). The molecule has 2 aromatic carbocycles. The second kappa shape index (κ2) is 11.3. The third-order valence-electron chi connectivity index (χ3n) is 8.44. The number of aryl methyl sites for hydroxylation is 1. The summed E-state index contributed by atoms with van der Waals surface area (Å²) in [5.41, 5.74) is 5.70. The number of rotatable bonds is 6. The molecule has 1 amide bonds. The van der Waals surface area contributed by atoms with Gasteiger partial charge in [0.05, 0.1) is 4.47 Å². The molecule has 2 aromatic rings. The predicted molar refractivity (Wildman–Crippen MR) is 170 cm³/mol. The van der Waals surface area contributed by atoms with Crippen LogP contribution in [0.2, 0.25) is 5.02 Å². The van der Waals surface area contributed by atoms with Crippen LogP contribution in [-0.2, 0) is 14.4 Å². The summed E-state index contributed by atoms with van der Waals surface area (Å²) < 4.78 is 6.51. The van der Waals surface area contributed by atoms with Crippen LogP contribution >= 0.6 is 27.5 Å². The number of ether oxygens (including phenoxy) is 1. The monoisotopic (exact) mass is 652 g/mol. The molecule has 0 saturated carbocycles. The van der Waals surface area contributed by atoms with E-state index in [0.29, 0.717) is 40.3 Å². The van der Waals surface area contributed by atoms with Gasteiger partial charge in [0.2, 0.25) is 0 Å². The van der Waals surface area contributed by atoms with Gasteiger partial charge < -0.3 is 15.0 Å². The summed E-state index contributed by atoms with van der Waals surface area (Å²) in [7, 11) is 0. The highest BCUT2D eigenvalue weighted by atomic mass is 79.9. The van der Waals surface area contributed by atoms with E-state index in [2.05, 4.69) is 60.8 Å². The van der Waals surface area contributed by atoms with E-state index in [0.717, 1.165) is 46.5 Å². The molecule has 1 aliphatic heterocycles. The molecule has 0 aromatic heterocycles. The number of nitrogens with one attached hydrogen (secondary N) is 1. The Kier molecular flexibility index (Phi) is 8.23. The first kappa shape index (κ1) is 30.6. The molecule has 2 aliphatic carbocycles. The van der Waals surface area contributed by atoms with E-state index < -0.39 is 5.92 Å². The van der Waals surface area contributed by atoms with Gasteiger partial charge in [-0.15, -0.1) is 0 Å². The van der Waals surface area contributed by atoms with Gasteiger partial charge in [0.25, 0.3) is 5.91 Å². The van der Waals surface area contributed by atoms with Crippen LogP contribution < -0.4 is 10.1 Å². The number of nitrogens with zero attached hydrogens (tertiary/aromatic N) is 1. The van der Waals surface area contributed by atoms with E-state index in [1.807, 2.05) is 25.1 Å². The highest BCUT2D eigenvalue weighted by Crippen LogP contribution is 2.54. The Hall–Kier alpha value is -2.90. The van der Waals surface area contributed by atoms with Gasteiger partial charge in [-0.3, -0.25) is 14.4 Å². The zero-order valence-corrected chi connectivity index (χ0v) is 27.5. The van der Waals surface area contributed by atoms with Crippen molar-refractivity contribution in [2.24, 2.45) is 10.8 Å². The number of halogens is 2. The number of hydrogen-bond donors (Lipinski definition) is 1. The van der Waals surface area contributed by atoms with E-state index in [1.165, 1.54) is 0 Å². The molecule has 0 saturated heterocycles. The number of carbonyl (C=O) groups is 3. The molecular formula is C34H38BrClN2O4. The van der Waals surface area contributed by atoms with E-state index in [1.54, 1.807) is 18.2 Å². The molecule has 3 aliphatic rings. The van der Waals surface area contributed by atoms with E-state index in [9.17, 15) is 14.4 Å². The fourth-order valence-electron chi connectivity index (χ4n) is 6.59. The second-order valence-corrected chi connectivity index (χ2v) is 14.5. The molecule has 222 valence electrons. The van der Waals surface area contributed by atoms with Gasteiger partial charge in [-0.05, 0) is 88.8 Å². The number of anilines is 1. The van der Waals surface area contributed by atoms with Crippen molar-refractivity contribution in [3.8, 4) is 5.75 Å². The normalized spacial score (nSPS) is 20.0. The molecule has 6 nitrogen and oxygen atoms in total. The second-order valence-electron chi connectivity index (χ2n) is 13.3. The van der Waals surface area contributed by atoms with Crippen LogP contribution in [0.5, 0.6) is 5.75 Å². The lowest BCUT2D eigenvalue weighted by Gasteiger charge is -2.48. The van der Waals surface area contributed by atoms with Crippen molar-refractivity contribution in [1.82, 2.24) is 4.90 Å². The topological polar surface area (TPSA) is 75.7 Å². The number of benzene rings is 2. The maximum Gasteiger partial charge on any atom is 0.262 e. The number of carbonyl (C=O) groups excluding carboxylic acids is 3. The molecule has 0 bridgehead atoms. The summed E-state index contributed by atoms with van der Waals surface area (Å²) in [6, 6.07) is 11.0. The molecule has 8 heteroatoms. The molecule has 1 heterocycles. The third-order valence-corrected chi connectivity index (χ3v) is 9.47. The summed E-state index contributed by atoms with van der Waals surface area (Å²) in [6.07, 6.45) is 2.47. The SMILES string of the molecule is CCN1C2=C(C(=O)CC(C)(C)C2)C(c2ccc(OCC(=O)Nc3ccc(C)c(Cl)c3)c(Br)c2)C2=C1CC(C)(C)CC2=O. The lowest BCUT2D eigenvalue weighted by atomic mass is 9.63. The number of amides is 1. The zero-order valence-electron chi connectivity index (χ0n) is 25.1. The van der Waals surface area contributed by atoms with Gasteiger partial charge in [0.1, 0.15) is 5.75 Å². The van der Waals surface area contributed by atoms with Crippen LogP contribution in [0.3, 0.4) is 0 Å². The van der Waals surface area contributed by atoms with Crippen LogP contribution in [0.15, 0.2) is 63.4 Å². The van der Waals surface area contributed by atoms with E-state index >= 15 is 0 Å². The Labute approximate surface area is 261 Å². The van der Waals surface area contributed by atoms with Crippen molar-refractivity contribution in [3.05, 3.63) is 79.6 Å². The first-order chi connectivity index (χ1) is 19.7.